The van der Waals surface area contributed by atoms with Crippen LogP contribution in [0.1, 0.15) is 8.42 Å². The van der Waals surface area contributed by atoms with Crippen molar-refractivity contribution in [1.82, 2.24) is 0 Å². The molecule has 0 spiro atoms. The Hall–Kier alpha value is -0.0400. The van der Waals surface area contributed by atoms with E-state index in [2.05, 4.69) is 13.3 Å². The van der Waals surface area contributed by atoms with E-state index >= 15 is 0 Å². The van der Waals surface area contributed by atoms with Crippen LogP contribution in [0.15, 0.2) is 58.3 Å². The number of hydrogen-bond donors (Lipinski definition) is 2. The van der Waals surface area contributed by atoms with Crippen LogP contribution < -0.4 is 63.9 Å². The van der Waals surface area contributed by atoms with Crippen molar-refractivity contribution in [3.05, 3.63) is 54.1 Å². The number of hydrogen-bond acceptors (Lipinski definition) is 7. The van der Waals surface area contributed by atoms with Crippen LogP contribution in [0.2, 0.25) is 0 Å². The fourth-order valence-corrected chi connectivity index (χ4v) is 5.75. The summed E-state index contributed by atoms with van der Waals surface area (Å²) in [4.78, 5) is 10.2. The van der Waals surface area contributed by atoms with Crippen LogP contribution in [0.3, 0.4) is 0 Å². The molecule has 2 rings (SSSR count). The molecular weight excluding hydrogens is 501 g/mol. The maximum absolute atomic E-state index is 11.9. The molecule has 0 fully saturated rings. The van der Waals surface area contributed by atoms with Crippen LogP contribution in [-0.2, 0) is 31.1 Å². The van der Waals surface area contributed by atoms with Gasteiger partial charge >= 0.3 is 65.3 Å². The molecule has 0 saturated carbocycles. The summed E-state index contributed by atoms with van der Waals surface area (Å²) in [6.45, 7) is 4.26. The van der Waals surface area contributed by atoms with Crippen LogP contribution in [-0.4, -0.2) is 58.2 Å². The minimum absolute atomic E-state index is 0. The third-order valence-corrected chi connectivity index (χ3v) is 8.39. The van der Waals surface area contributed by atoms with E-state index in [0.29, 0.717) is 12.2 Å². The molecule has 2 aromatic carbocycles. The van der Waals surface area contributed by atoms with Crippen LogP contribution >= 0.6 is 7.26 Å². The first-order valence-electron chi connectivity index (χ1n) is 8.57. The number of carbonyl (C=O) groups excluding carboxylic acids is 1. The average molecular weight is 525 g/mol. The van der Waals surface area contributed by atoms with Gasteiger partial charge in [0, 0.05) is 20.6 Å². The van der Waals surface area contributed by atoms with Crippen molar-refractivity contribution in [3.63, 3.8) is 0 Å². The van der Waals surface area contributed by atoms with Gasteiger partial charge in [0.15, 0.2) is 5.75 Å². The van der Waals surface area contributed by atoms with Crippen molar-refractivity contribution >= 4 is 33.7 Å². The Bertz CT molecular complexity index is 1130. The zero-order valence-corrected chi connectivity index (χ0v) is 24.8. The van der Waals surface area contributed by atoms with Gasteiger partial charge < -0.3 is 12.3 Å². The molecule has 0 unspecified atom stereocenters. The Morgan fingerprint density at radius 3 is 2.09 bits per heavy atom. The van der Waals surface area contributed by atoms with Gasteiger partial charge in [-0.2, -0.15) is 16.8 Å². The van der Waals surface area contributed by atoms with Crippen molar-refractivity contribution in [2.24, 2.45) is 0 Å². The average Bonchev–Trinajstić information content (AvgIpc) is 2.60. The molecule has 2 aromatic rings. The van der Waals surface area contributed by atoms with E-state index in [0.717, 1.165) is 18.3 Å². The van der Waals surface area contributed by atoms with E-state index in [9.17, 15) is 26.2 Å². The van der Waals surface area contributed by atoms with Crippen LogP contribution in [0, 0.1) is 0 Å². The Balaban J connectivity index is -0.00000240. The maximum atomic E-state index is 11.9. The van der Waals surface area contributed by atoms with Gasteiger partial charge in [0.2, 0.25) is 0 Å². The molecule has 2 N–H and O–H groups in total. The number of ether oxygens (including phenoxy) is 2. The first-order chi connectivity index (χ1) is 13.8. The molecule has 168 valence electrons. The topological polar surface area (TPSA) is 144 Å². The predicted octanol–water partition coefficient (Wildman–Crippen LogP) is -2.59. The largest absolute Gasteiger partial charge is 1.00 e. The molecule has 0 heterocycles. The summed E-state index contributed by atoms with van der Waals surface area (Å²) in [6, 6.07) is 12.0. The molecule has 0 saturated heterocycles. The summed E-state index contributed by atoms with van der Waals surface area (Å²) < 4.78 is 73.4. The van der Waals surface area contributed by atoms with Gasteiger partial charge in [-0.25, -0.2) is 4.79 Å². The fourth-order valence-electron chi connectivity index (χ4n) is 2.59. The van der Waals surface area contributed by atoms with Crippen molar-refractivity contribution in [3.8, 4) is 5.75 Å². The minimum atomic E-state index is -4.94. The number of benzene rings is 2. The second-order valence-electron chi connectivity index (χ2n) is 7.06. The molecule has 0 aliphatic rings. The van der Waals surface area contributed by atoms with Gasteiger partial charge in [-0.3, -0.25) is 9.11 Å². The number of carbonyl (C=O) groups is 1. The summed E-state index contributed by atoms with van der Waals surface area (Å²) in [6.07, 6.45) is 0.249. The van der Waals surface area contributed by atoms with Gasteiger partial charge in [-0.05, 0) is 23.8 Å². The smallest absolute Gasteiger partial charge is 1.00 e. The number of rotatable bonds is 8. The third kappa shape index (κ3) is 10.5. The van der Waals surface area contributed by atoms with E-state index in [1.54, 1.807) is 0 Å². The first kappa shape index (κ1) is 32.0. The molecule has 14 heteroatoms. The second-order valence-corrected chi connectivity index (χ2v) is 14.5. The van der Waals surface area contributed by atoms with Crippen molar-refractivity contribution in [2.75, 3.05) is 26.1 Å². The Labute approximate surface area is 235 Å². The first-order valence-corrected chi connectivity index (χ1v) is 14.5. The molecule has 0 radical (unpaired) electrons. The Morgan fingerprint density at radius 1 is 0.969 bits per heavy atom. The van der Waals surface area contributed by atoms with Crippen LogP contribution in [0.4, 0.5) is 4.79 Å². The molecule has 0 aliphatic carbocycles. The summed E-state index contributed by atoms with van der Waals surface area (Å²) >= 11 is 0. The van der Waals surface area contributed by atoms with Crippen molar-refractivity contribution in [2.45, 2.75) is 16.0 Å². The third-order valence-electron chi connectivity index (χ3n) is 4.05. The van der Waals surface area contributed by atoms with Gasteiger partial charge in [-0.15, -0.1) is 0 Å². The van der Waals surface area contributed by atoms with E-state index < -0.39 is 49.2 Å². The normalized spacial score (nSPS) is 11.6. The molecule has 0 aromatic heterocycles. The van der Waals surface area contributed by atoms with Crippen molar-refractivity contribution in [1.29, 1.82) is 0 Å². The summed E-state index contributed by atoms with van der Waals surface area (Å²) in [7, 11) is -11.1. The van der Waals surface area contributed by atoms with E-state index in [1.807, 2.05) is 30.3 Å². The predicted molar refractivity (Wildman–Crippen MR) is 114 cm³/mol. The molecular formula is C18H24Na2O9PS2+. The zero-order valence-electron chi connectivity index (χ0n) is 20.3. The molecule has 0 bridgehead atoms. The molecule has 0 atom stereocenters. The van der Waals surface area contributed by atoms with Crippen LogP contribution in [0.5, 0.6) is 5.75 Å². The molecule has 0 aliphatic heterocycles. The fraction of sp³-hybridized carbons (Fsp3) is 0.278. The Morgan fingerprint density at radius 2 is 1.56 bits per heavy atom. The van der Waals surface area contributed by atoms with Crippen LogP contribution in [0.25, 0.3) is 0 Å². The Kier molecular flexibility index (Phi) is 13.1. The van der Waals surface area contributed by atoms with E-state index in [-0.39, 0.29) is 68.6 Å². The van der Waals surface area contributed by atoms with Gasteiger partial charge in [-0.1, -0.05) is 30.3 Å². The second kappa shape index (κ2) is 13.2. The van der Waals surface area contributed by atoms with Gasteiger partial charge in [0.05, 0.1) is 17.2 Å². The maximum Gasteiger partial charge on any atom is 1.00 e. The zero-order chi connectivity index (χ0) is 22.6. The van der Waals surface area contributed by atoms with E-state index in [1.165, 1.54) is 5.56 Å². The molecule has 32 heavy (non-hydrogen) atoms. The SMILES string of the molecule is C[P+](C)(CCOC(=O)Oc1ccc(S(=O)(=O)O)cc1S(=O)(=O)O)Cc1ccccc1.[H-].[H-].[Na+].[Na+]. The minimum Gasteiger partial charge on any atom is -1.00 e. The monoisotopic (exact) mass is 525 g/mol. The summed E-state index contributed by atoms with van der Waals surface area (Å²) in [5.74, 6) is -0.631. The van der Waals surface area contributed by atoms with E-state index in [4.69, 9.17) is 14.0 Å². The quantitative estimate of drug-likeness (QED) is 0.125. The van der Waals surface area contributed by atoms with Gasteiger partial charge in [0.1, 0.15) is 11.5 Å². The van der Waals surface area contributed by atoms with Crippen molar-refractivity contribution < 1.29 is 102 Å². The standard InChI is InChI=1S/C18H21O9PS2.2Na.2H/c1-28(2,13-14-6-4-3-5-7-14)11-10-26-18(19)27-16-9-8-15(29(20,21)22)12-17(16)30(23,24)25;;;;/h3-9,12H,10-11,13H2,1-2H3,(H-,20,21,22,23,24,25);;;;/q;2*+1;2*-1/p+1. The summed E-state index contributed by atoms with van der Waals surface area (Å²) in [5.41, 5.74) is 1.18. The molecule has 0 amide bonds. The summed E-state index contributed by atoms with van der Waals surface area (Å²) in [5, 5.41) is 0. The molecule has 9 nitrogen and oxygen atoms in total. The van der Waals surface area contributed by atoms with Gasteiger partial charge in [0.25, 0.3) is 20.2 Å².